The van der Waals surface area contributed by atoms with Crippen molar-refractivity contribution in [2.75, 3.05) is 0 Å². The van der Waals surface area contributed by atoms with Crippen LogP contribution in [-0.4, -0.2) is 18.7 Å². The molecule has 14 aromatic rings. The predicted octanol–water partition coefficient (Wildman–Crippen LogP) is 18.9. The maximum atomic E-state index is 9.10. The van der Waals surface area contributed by atoms with E-state index in [-0.39, 0.29) is 43.2 Å². The Hall–Kier alpha value is -9.09. The molecule has 5 heterocycles. The molecule has 1 aliphatic rings. The van der Waals surface area contributed by atoms with Crippen LogP contribution in [0.5, 0.6) is 11.5 Å². The molecule has 0 radical (unpaired) electrons. The number of hydrogen-bond acceptors (Lipinski definition) is 2. The summed E-state index contributed by atoms with van der Waals surface area (Å²) in [5.41, 5.74) is 14.7. The van der Waals surface area contributed by atoms with Gasteiger partial charge in [-0.1, -0.05) is 181 Å². The van der Waals surface area contributed by atoms with Crippen molar-refractivity contribution in [1.29, 1.82) is 0 Å². The summed E-state index contributed by atoms with van der Waals surface area (Å²) in [5, 5.41) is 4.30. The van der Waals surface area contributed by atoms with Crippen molar-refractivity contribution in [3.05, 3.63) is 253 Å². The van der Waals surface area contributed by atoms with Crippen LogP contribution >= 0.6 is 0 Å². The summed E-state index contributed by atoms with van der Waals surface area (Å²) in [6.07, 6.45) is 5.77. The second kappa shape index (κ2) is 19.5. The van der Waals surface area contributed by atoms with E-state index in [1.54, 1.807) is 18.2 Å². The molecule has 0 spiro atoms. The number of fused-ring (bicyclic) bond motifs is 13. The Morgan fingerprint density at radius 2 is 1.02 bits per heavy atom. The average molecular weight is 1260 g/mol. The summed E-state index contributed by atoms with van der Waals surface area (Å²) in [4.78, 5) is 4.91. The summed E-state index contributed by atoms with van der Waals surface area (Å²) < 4.78 is 70.0. The Kier molecular flexibility index (Phi) is 10.7. The first-order chi connectivity index (χ1) is 42.2. The van der Waals surface area contributed by atoms with Gasteiger partial charge in [0.15, 0.2) is 0 Å². The van der Waals surface area contributed by atoms with E-state index in [0.29, 0.717) is 28.4 Å². The number of imidazole rings is 1. The molecule has 4 aromatic heterocycles. The van der Waals surface area contributed by atoms with Crippen LogP contribution in [0.1, 0.15) is 72.0 Å². The molecule has 0 aliphatic carbocycles. The van der Waals surface area contributed by atoms with Crippen molar-refractivity contribution in [3.8, 4) is 78.9 Å². The van der Waals surface area contributed by atoms with Crippen LogP contribution in [-0.2, 0) is 31.9 Å². The number of aryl methyl sites for hydroxylation is 2. The van der Waals surface area contributed by atoms with Crippen LogP contribution in [0.4, 0.5) is 0 Å². The van der Waals surface area contributed by atoms with Gasteiger partial charge in [0, 0.05) is 69.0 Å². The molecule has 406 valence electrons. The van der Waals surface area contributed by atoms with Gasteiger partial charge in [0.1, 0.15) is 5.82 Å². The second-order valence-electron chi connectivity index (χ2n) is 23.6. The molecule has 15 rings (SSSR count). The fourth-order valence-electron chi connectivity index (χ4n) is 12.5. The average Bonchev–Trinajstić information content (AvgIpc) is 1.63. The molecule has 0 saturated heterocycles. The third-order valence-electron chi connectivity index (χ3n) is 16.4. The Morgan fingerprint density at radius 3 is 1.66 bits per heavy atom. The van der Waals surface area contributed by atoms with Gasteiger partial charge in [-0.2, -0.15) is 18.2 Å². The molecule has 10 aromatic carbocycles. The number of nitrogens with zero attached hydrogens (tertiary/aromatic N) is 5. The monoisotopic (exact) mass is 1260 g/mol. The number of benzene rings is 10. The van der Waals surface area contributed by atoms with Gasteiger partial charge in [0.2, 0.25) is 0 Å². The minimum absolute atomic E-state index is 0. The number of aromatic nitrogens is 5. The SMILES string of the molecule is [2H]C([2H])([2H])c1cccc(C([2H])([2H])[2H])c1-c1cc(C(C)(C)C)cc2c1-[n+]1[c-]n(-c3[c-]c(Oc4[c-]c5c(cc4)c4ccccc4n5-c4cc(C(C)(C)C)ccn4)ccc3)c3cc(-n4c5ccccc5c5ccccc54)cc(c31)-c1ccccc1-c1ccccc1-2.[Pt]. The minimum atomic E-state index is -2.71. The van der Waals surface area contributed by atoms with Crippen molar-refractivity contribution >= 4 is 54.6 Å². The van der Waals surface area contributed by atoms with Crippen molar-refractivity contribution in [1.82, 2.24) is 18.7 Å². The first-order valence-corrected chi connectivity index (χ1v) is 27.9. The van der Waals surface area contributed by atoms with Gasteiger partial charge in [0.05, 0.1) is 27.8 Å². The maximum absolute atomic E-state index is 9.10. The van der Waals surface area contributed by atoms with Crippen LogP contribution in [0.15, 0.2) is 212 Å². The number of ether oxygens (including phenoxy) is 1. The van der Waals surface area contributed by atoms with Crippen molar-refractivity contribution < 1.29 is 38.6 Å². The van der Waals surface area contributed by atoms with E-state index in [9.17, 15) is 0 Å². The fraction of sp³-hybridized carbons (Fsp3) is 0.132. The third kappa shape index (κ3) is 8.40. The minimum Gasteiger partial charge on any atom is -0.510 e. The Bertz CT molecular complexity index is 5120. The van der Waals surface area contributed by atoms with Gasteiger partial charge in [-0.3, -0.25) is 4.57 Å². The van der Waals surface area contributed by atoms with Crippen LogP contribution in [0.2, 0.25) is 0 Å². The van der Waals surface area contributed by atoms with E-state index in [0.717, 1.165) is 111 Å². The molecule has 83 heavy (non-hydrogen) atoms. The van der Waals surface area contributed by atoms with E-state index in [1.807, 2.05) is 69.9 Å². The van der Waals surface area contributed by atoms with Crippen LogP contribution in [0.3, 0.4) is 0 Å². The summed E-state index contributed by atoms with van der Waals surface area (Å²) in [5.74, 6) is 1.69. The Labute approximate surface area is 507 Å². The number of para-hydroxylation sites is 3. The maximum Gasteiger partial charge on any atom is 0.268 e. The third-order valence-corrected chi connectivity index (χ3v) is 16.4. The molecular weight excluding hydrogens is 1190 g/mol. The first-order valence-electron chi connectivity index (χ1n) is 30.9. The molecule has 0 N–H and O–H groups in total. The normalized spacial score (nSPS) is 13.6. The molecule has 6 nitrogen and oxygen atoms in total. The summed E-state index contributed by atoms with van der Waals surface area (Å²) >= 11 is 0. The molecule has 7 heteroatoms. The van der Waals surface area contributed by atoms with Gasteiger partial charge in [-0.15, -0.1) is 29.7 Å². The zero-order valence-corrected chi connectivity index (χ0v) is 48.9. The van der Waals surface area contributed by atoms with Gasteiger partial charge >= 0.3 is 0 Å². The quantitative estimate of drug-likeness (QED) is 0.123. The van der Waals surface area contributed by atoms with Crippen LogP contribution < -0.4 is 9.30 Å². The summed E-state index contributed by atoms with van der Waals surface area (Å²) in [6, 6.07) is 76.7. The van der Waals surface area contributed by atoms with Gasteiger partial charge < -0.3 is 18.4 Å². The standard InChI is InChI=1S/C76H59N5O.Pt/c1-47-21-19-22-48(2)72(47)65-40-50(76(6,7)8)39-63-57-27-11-9-25-55(57)56-26-10-12-28-58(56)64-43-52(80-66-32-16-13-29-59(66)60-30-14-17-33-67(60)80)44-70-74(64)79(73(63)65)46-78(70)51-23-20-24-53(42-51)82-54-35-36-62-61-31-15-18-34-68(61)81(69(62)45-54)71-41-49(37-38-77-71)75(3,4)5;/h9-41,43-44H,1-8H3;/q-2;/i1D3,2D3;. The molecule has 0 unspecified atom stereocenters. The summed E-state index contributed by atoms with van der Waals surface area (Å²) in [6.45, 7) is 7.56. The van der Waals surface area contributed by atoms with E-state index in [2.05, 4.69) is 203 Å². The molecule has 0 amide bonds. The van der Waals surface area contributed by atoms with Crippen LogP contribution in [0.25, 0.3) is 122 Å². The second-order valence-corrected chi connectivity index (χ2v) is 23.6. The molecule has 0 fully saturated rings. The Balaban J connectivity index is 0.00000694. The van der Waals surface area contributed by atoms with Crippen molar-refractivity contribution in [3.63, 3.8) is 0 Å². The topological polar surface area (TPSA) is 40.8 Å². The molecular formula is C76H59N5OPt-2. The molecule has 1 aliphatic heterocycles. The number of pyridine rings is 1. The smallest absolute Gasteiger partial charge is 0.268 e. The number of rotatable bonds is 6. The summed E-state index contributed by atoms with van der Waals surface area (Å²) in [7, 11) is 0. The van der Waals surface area contributed by atoms with E-state index >= 15 is 0 Å². The van der Waals surface area contributed by atoms with Gasteiger partial charge in [-0.25, -0.2) is 4.98 Å². The van der Waals surface area contributed by atoms with Gasteiger partial charge in [0.25, 0.3) is 6.33 Å². The molecule has 0 bridgehead atoms. The van der Waals surface area contributed by atoms with Crippen molar-refractivity contribution in [2.45, 2.75) is 66.1 Å². The van der Waals surface area contributed by atoms with E-state index in [1.165, 1.54) is 0 Å². The molecule has 0 saturated carbocycles. The predicted molar refractivity (Wildman–Crippen MR) is 336 cm³/mol. The van der Waals surface area contributed by atoms with E-state index < -0.39 is 19.1 Å². The molecule has 0 atom stereocenters. The zero-order valence-electron chi connectivity index (χ0n) is 52.7. The van der Waals surface area contributed by atoms with Gasteiger partial charge in [-0.05, 0) is 145 Å². The number of hydrogen-bond donors (Lipinski definition) is 0. The fourth-order valence-corrected chi connectivity index (χ4v) is 12.5. The largest absolute Gasteiger partial charge is 0.510 e. The zero-order chi connectivity index (χ0) is 60.8. The van der Waals surface area contributed by atoms with E-state index in [4.69, 9.17) is 17.9 Å². The Morgan fingerprint density at radius 1 is 0.470 bits per heavy atom. The van der Waals surface area contributed by atoms with Crippen molar-refractivity contribution in [2.24, 2.45) is 0 Å². The first kappa shape index (κ1) is 45.5. The van der Waals surface area contributed by atoms with Crippen LogP contribution in [0, 0.1) is 32.2 Å².